The van der Waals surface area contributed by atoms with Crippen LogP contribution in [0.25, 0.3) is 10.9 Å². The van der Waals surface area contributed by atoms with Gasteiger partial charge in [0, 0.05) is 13.6 Å². The molecule has 0 saturated carbocycles. The number of anilines is 1. The second-order valence-corrected chi connectivity index (χ2v) is 5.40. The maximum Gasteiger partial charge on any atom is 0.189 e. The van der Waals surface area contributed by atoms with Crippen molar-refractivity contribution in [3.8, 4) is 0 Å². The molecular weight excluding hydrogens is 326 g/mol. The van der Waals surface area contributed by atoms with Crippen molar-refractivity contribution < 1.29 is 9.50 Å². The van der Waals surface area contributed by atoms with Crippen molar-refractivity contribution in [3.05, 3.63) is 16.1 Å². The molecule has 2 heterocycles. The standard InChI is InChI=1S/C11H11Cl2FN4OS/c1-18(3-4-19)10-5-7(15-11(17-10)20-2)6(14)9(13)16-8(5)12/h19H,3-4H2,1-2H3. The van der Waals surface area contributed by atoms with Gasteiger partial charge in [0.25, 0.3) is 0 Å². The Balaban J connectivity index is 2.81. The number of aliphatic hydroxyl groups excluding tert-OH is 1. The van der Waals surface area contributed by atoms with Crippen LogP contribution in [0.2, 0.25) is 10.3 Å². The Hall–Kier alpha value is -0.890. The number of likely N-dealkylation sites (N-methyl/N-ethyl adjacent to an activating group) is 1. The summed E-state index contributed by atoms with van der Waals surface area (Å²) in [4.78, 5) is 13.8. The Bertz CT molecular complexity index is 658. The van der Waals surface area contributed by atoms with Crippen molar-refractivity contribution in [1.29, 1.82) is 0 Å². The first-order chi connectivity index (χ1) is 9.49. The number of hydrogen-bond donors (Lipinski definition) is 1. The van der Waals surface area contributed by atoms with E-state index in [1.54, 1.807) is 18.2 Å². The number of aliphatic hydroxyl groups is 1. The molecule has 0 aliphatic rings. The van der Waals surface area contributed by atoms with Crippen molar-refractivity contribution in [2.75, 3.05) is 31.4 Å². The molecule has 2 rings (SSSR count). The third-order valence-corrected chi connectivity index (χ3v) is 3.71. The molecule has 5 nitrogen and oxygen atoms in total. The first-order valence-corrected chi connectivity index (χ1v) is 7.55. The molecule has 0 spiro atoms. The predicted molar refractivity (Wildman–Crippen MR) is 79.4 cm³/mol. The lowest BCUT2D eigenvalue weighted by atomic mass is 10.2. The van der Waals surface area contributed by atoms with Crippen LogP contribution in [-0.2, 0) is 0 Å². The van der Waals surface area contributed by atoms with E-state index in [-0.39, 0.29) is 27.8 Å². The van der Waals surface area contributed by atoms with Gasteiger partial charge in [-0.25, -0.2) is 19.3 Å². The molecule has 0 amide bonds. The minimum atomic E-state index is -0.734. The summed E-state index contributed by atoms with van der Waals surface area (Å²) in [5, 5.41) is 9.39. The lowest BCUT2D eigenvalue weighted by molar-refractivity contribution is 0.304. The number of rotatable bonds is 4. The molecular formula is C11H11Cl2FN4OS. The monoisotopic (exact) mass is 336 g/mol. The van der Waals surface area contributed by atoms with Crippen LogP contribution in [0.15, 0.2) is 5.16 Å². The van der Waals surface area contributed by atoms with Gasteiger partial charge in [0.05, 0.1) is 12.0 Å². The van der Waals surface area contributed by atoms with Gasteiger partial charge in [-0.15, -0.1) is 0 Å². The van der Waals surface area contributed by atoms with E-state index < -0.39 is 5.82 Å². The average molecular weight is 337 g/mol. The van der Waals surface area contributed by atoms with E-state index in [0.717, 1.165) is 0 Å². The highest BCUT2D eigenvalue weighted by Gasteiger charge is 2.20. The van der Waals surface area contributed by atoms with E-state index in [4.69, 9.17) is 28.3 Å². The summed E-state index contributed by atoms with van der Waals surface area (Å²) in [7, 11) is 1.71. The maximum absolute atomic E-state index is 14.1. The van der Waals surface area contributed by atoms with E-state index in [1.807, 2.05) is 0 Å². The van der Waals surface area contributed by atoms with Crippen molar-refractivity contribution in [3.63, 3.8) is 0 Å². The Kier molecular flexibility index (Phi) is 4.85. The Morgan fingerprint density at radius 2 is 1.95 bits per heavy atom. The fraction of sp³-hybridized carbons (Fsp3) is 0.364. The molecule has 0 radical (unpaired) electrons. The quantitative estimate of drug-likeness (QED) is 0.526. The van der Waals surface area contributed by atoms with Gasteiger partial charge in [0.15, 0.2) is 16.1 Å². The topological polar surface area (TPSA) is 62.1 Å². The van der Waals surface area contributed by atoms with Crippen molar-refractivity contribution in [2.45, 2.75) is 5.16 Å². The Labute approximate surface area is 129 Å². The number of thioether (sulfide) groups is 1. The van der Waals surface area contributed by atoms with Crippen molar-refractivity contribution >= 4 is 51.7 Å². The van der Waals surface area contributed by atoms with E-state index in [2.05, 4.69) is 15.0 Å². The van der Waals surface area contributed by atoms with Crippen molar-refractivity contribution in [2.24, 2.45) is 0 Å². The van der Waals surface area contributed by atoms with Gasteiger partial charge in [0.2, 0.25) is 0 Å². The SMILES string of the molecule is CSc1nc(N(C)CCO)c2c(Cl)nc(Cl)c(F)c2n1. The first-order valence-electron chi connectivity index (χ1n) is 5.57. The number of pyridine rings is 1. The summed E-state index contributed by atoms with van der Waals surface area (Å²) in [6.45, 7) is 0.248. The highest BCUT2D eigenvalue weighted by Crippen LogP contribution is 2.34. The summed E-state index contributed by atoms with van der Waals surface area (Å²) in [5.41, 5.74) is 0.0224. The maximum atomic E-state index is 14.1. The normalized spacial score (nSPS) is 11.1. The predicted octanol–water partition coefficient (Wildman–Crippen LogP) is 2.62. The lowest BCUT2D eigenvalue weighted by Gasteiger charge is -2.19. The zero-order valence-electron chi connectivity index (χ0n) is 10.7. The van der Waals surface area contributed by atoms with E-state index >= 15 is 0 Å². The minimum absolute atomic E-state index is 0.0224. The van der Waals surface area contributed by atoms with Gasteiger partial charge in [0.1, 0.15) is 16.5 Å². The molecule has 0 bridgehead atoms. The number of hydrogen-bond acceptors (Lipinski definition) is 6. The molecule has 0 aliphatic heterocycles. The summed E-state index contributed by atoms with van der Waals surface area (Å²) < 4.78 is 14.1. The van der Waals surface area contributed by atoms with E-state index in [0.29, 0.717) is 17.5 Å². The van der Waals surface area contributed by atoms with Gasteiger partial charge in [-0.3, -0.25) is 0 Å². The summed E-state index contributed by atoms with van der Waals surface area (Å²) in [5.74, 6) is -0.330. The molecule has 0 aliphatic carbocycles. The molecule has 0 saturated heterocycles. The number of fused-ring (bicyclic) bond motifs is 1. The van der Waals surface area contributed by atoms with Crippen LogP contribution in [0, 0.1) is 5.82 Å². The molecule has 1 N–H and O–H groups in total. The van der Waals surface area contributed by atoms with Crippen LogP contribution in [0.4, 0.5) is 10.2 Å². The third-order valence-electron chi connectivity index (χ3n) is 2.64. The largest absolute Gasteiger partial charge is 0.395 e. The number of halogens is 3. The Morgan fingerprint density at radius 1 is 1.25 bits per heavy atom. The van der Waals surface area contributed by atoms with Gasteiger partial charge in [-0.2, -0.15) is 0 Å². The fourth-order valence-corrected chi connectivity index (χ4v) is 2.53. The average Bonchev–Trinajstić information content (AvgIpc) is 2.43. The number of aromatic nitrogens is 3. The van der Waals surface area contributed by atoms with Gasteiger partial charge in [-0.05, 0) is 6.26 Å². The van der Waals surface area contributed by atoms with Gasteiger partial charge >= 0.3 is 0 Å². The molecule has 9 heteroatoms. The summed E-state index contributed by atoms with van der Waals surface area (Å²) >= 11 is 13.0. The molecule has 20 heavy (non-hydrogen) atoms. The summed E-state index contributed by atoms with van der Waals surface area (Å²) in [6.07, 6.45) is 1.78. The highest BCUT2D eigenvalue weighted by atomic mass is 35.5. The molecule has 108 valence electrons. The van der Waals surface area contributed by atoms with Crippen LogP contribution < -0.4 is 4.90 Å². The van der Waals surface area contributed by atoms with E-state index in [1.165, 1.54) is 11.8 Å². The van der Waals surface area contributed by atoms with E-state index in [9.17, 15) is 4.39 Å². The van der Waals surface area contributed by atoms with Crippen LogP contribution in [-0.4, -0.2) is 46.5 Å². The van der Waals surface area contributed by atoms with Crippen LogP contribution in [0.1, 0.15) is 0 Å². The second-order valence-electron chi connectivity index (χ2n) is 3.91. The third kappa shape index (κ3) is 2.76. The number of nitrogens with zero attached hydrogens (tertiary/aromatic N) is 4. The molecule has 0 aromatic carbocycles. The first kappa shape index (κ1) is 15.5. The molecule has 0 unspecified atom stereocenters. The van der Waals surface area contributed by atoms with Crippen LogP contribution in [0.5, 0.6) is 0 Å². The van der Waals surface area contributed by atoms with Gasteiger partial charge < -0.3 is 10.0 Å². The Morgan fingerprint density at radius 3 is 2.55 bits per heavy atom. The zero-order valence-corrected chi connectivity index (χ0v) is 13.0. The molecule has 2 aromatic heterocycles. The fourth-order valence-electron chi connectivity index (χ4n) is 1.69. The van der Waals surface area contributed by atoms with Crippen LogP contribution in [0.3, 0.4) is 0 Å². The van der Waals surface area contributed by atoms with Crippen molar-refractivity contribution in [1.82, 2.24) is 15.0 Å². The molecule has 2 aromatic rings. The smallest absolute Gasteiger partial charge is 0.189 e. The lowest BCUT2D eigenvalue weighted by Crippen LogP contribution is -2.23. The molecule has 0 atom stereocenters. The highest BCUT2D eigenvalue weighted by molar-refractivity contribution is 7.98. The second kappa shape index (κ2) is 6.26. The molecule has 0 fully saturated rings. The van der Waals surface area contributed by atoms with Gasteiger partial charge in [-0.1, -0.05) is 35.0 Å². The summed E-state index contributed by atoms with van der Waals surface area (Å²) in [6, 6.07) is 0. The van der Waals surface area contributed by atoms with Crippen LogP contribution >= 0.6 is 35.0 Å². The minimum Gasteiger partial charge on any atom is -0.395 e. The zero-order chi connectivity index (χ0) is 14.9.